The summed E-state index contributed by atoms with van der Waals surface area (Å²) < 4.78 is 12.0. The molecule has 0 radical (unpaired) electrons. The quantitative estimate of drug-likeness (QED) is 0.732. The highest BCUT2D eigenvalue weighted by molar-refractivity contribution is 6.31. The highest BCUT2D eigenvalue weighted by Crippen LogP contribution is 2.25. The molecule has 0 aliphatic heterocycles. The normalized spacial score (nSPS) is 11.0. The molecule has 21 heavy (non-hydrogen) atoms. The predicted molar refractivity (Wildman–Crippen MR) is 82.6 cm³/mol. The van der Waals surface area contributed by atoms with Gasteiger partial charge in [-0.3, -0.25) is 4.57 Å². The van der Waals surface area contributed by atoms with E-state index >= 15 is 0 Å². The van der Waals surface area contributed by atoms with E-state index in [0.29, 0.717) is 33.4 Å². The monoisotopic (exact) mass is 323 g/mol. The number of benzene rings is 2. The van der Waals surface area contributed by atoms with Crippen LogP contribution < -0.4 is 10.5 Å². The van der Waals surface area contributed by atoms with Gasteiger partial charge in [0.05, 0.1) is 19.2 Å². The number of aromatic nitrogens is 1. The highest BCUT2D eigenvalue weighted by atomic mass is 35.5. The van der Waals surface area contributed by atoms with Gasteiger partial charge < -0.3 is 9.15 Å². The molecule has 1 aromatic heterocycles. The van der Waals surface area contributed by atoms with Crippen LogP contribution in [0.4, 0.5) is 0 Å². The van der Waals surface area contributed by atoms with Gasteiger partial charge in [-0.2, -0.15) is 0 Å². The number of rotatable bonds is 3. The lowest BCUT2D eigenvalue weighted by Crippen LogP contribution is -2.15. The van der Waals surface area contributed by atoms with Crippen LogP contribution in [0, 0.1) is 0 Å². The van der Waals surface area contributed by atoms with Gasteiger partial charge in [0.2, 0.25) is 0 Å². The Morgan fingerprint density at radius 2 is 1.86 bits per heavy atom. The fraction of sp³-hybridized carbons (Fsp3) is 0.133. The van der Waals surface area contributed by atoms with Crippen molar-refractivity contribution in [1.82, 2.24) is 4.57 Å². The first kappa shape index (κ1) is 14.0. The molecule has 4 nitrogen and oxygen atoms in total. The summed E-state index contributed by atoms with van der Waals surface area (Å²) in [6.45, 7) is 0.303. The second-order valence-corrected chi connectivity index (χ2v) is 5.40. The molecule has 0 bridgehead atoms. The van der Waals surface area contributed by atoms with Crippen molar-refractivity contribution in [2.24, 2.45) is 0 Å². The van der Waals surface area contributed by atoms with Crippen molar-refractivity contribution in [2.45, 2.75) is 6.54 Å². The topological polar surface area (TPSA) is 44.4 Å². The third kappa shape index (κ3) is 2.64. The standard InChI is InChI=1S/C15H11Cl2NO3/c1-20-13-5-3-10(16)6-9(13)8-18-12-4-2-11(17)7-14(12)21-15(18)19/h2-7H,8H2,1H3. The first-order valence-electron chi connectivity index (χ1n) is 6.20. The lowest BCUT2D eigenvalue weighted by atomic mass is 10.2. The minimum Gasteiger partial charge on any atom is -0.496 e. The van der Waals surface area contributed by atoms with Crippen molar-refractivity contribution in [3.8, 4) is 5.75 Å². The van der Waals surface area contributed by atoms with Gasteiger partial charge in [0.15, 0.2) is 5.58 Å². The van der Waals surface area contributed by atoms with Crippen molar-refractivity contribution in [2.75, 3.05) is 7.11 Å². The van der Waals surface area contributed by atoms with Crippen LogP contribution in [-0.2, 0) is 6.54 Å². The smallest absolute Gasteiger partial charge is 0.420 e. The molecule has 6 heteroatoms. The molecule has 3 rings (SSSR count). The molecule has 0 saturated carbocycles. The van der Waals surface area contributed by atoms with Gasteiger partial charge >= 0.3 is 5.76 Å². The number of ether oxygens (including phenoxy) is 1. The van der Waals surface area contributed by atoms with Crippen LogP contribution in [0.3, 0.4) is 0 Å². The van der Waals surface area contributed by atoms with Gasteiger partial charge in [-0.1, -0.05) is 23.2 Å². The Labute approximate surface area is 130 Å². The average molecular weight is 324 g/mol. The van der Waals surface area contributed by atoms with E-state index in [0.717, 1.165) is 5.56 Å². The van der Waals surface area contributed by atoms with E-state index in [1.54, 1.807) is 43.5 Å². The zero-order valence-electron chi connectivity index (χ0n) is 11.1. The second kappa shape index (κ2) is 5.47. The third-order valence-corrected chi connectivity index (χ3v) is 3.67. The number of hydrogen-bond donors (Lipinski definition) is 0. The Morgan fingerprint density at radius 3 is 2.62 bits per heavy atom. The van der Waals surface area contributed by atoms with Crippen molar-refractivity contribution in [3.05, 3.63) is 62.6 Å². The number of oxazole rings is 1. The Morgan fingerprint density at radius 1 is 1.14 bits per heavy atom. The summed E-state index contributed by atoms with van der Waals surface area (Å²) >= 11 is 11.9. The summed E-state index contributed by atoms with van der Waals surface area (Å²) in [6.07, 6.45) is 0. The van der Waals surface area contributed by atoms with Gasteiger partial charge in [-0.15, -0.1) is 0 Å². The van der Waals surface area contributed by atoms with Crippen LogP contribution in [0.1, 0.15) is 5.56 Å². The summed E-state index contributed by atoms with van der Waals surface area (Å²) in [4.78, 5) is 12.0. The number of hydrogen-bond acceptors (Lipinski definition) is 3. The van der Waals surface area contributed by atoms with Crippen LogP contribution in [0.5, 0.6) is 5.75 Å². The van der Waals surface area contributed by atoms with Gasteiger partial charge in [-0.25, -0.2) is 4.79 Å². The lowest BCUT2D eigenvalue weighted by molar-refractivity contribution is 0.407. The molecule has 3 aromatic rings. The SMILES string of the molecule is COc1ccc(Cl)cc1Cn1c(=O)oc2cc(Cl)ccc21. The van der Waals surface area contributed by atoms with Gasteiger partial charge in [0, 0.05) is 21.7 Å². The van der Waals surface area contributed by atoms with Gasteiger partial charge in [0.25, 0.3) is 0 Å². The van der Waals surface area contributed by atoms with Gasteiger partial charge in [-0.05, 0) is 30.3 Å². The molecule has 0 amide bonds. The zero-order chi connectivity index (χ0) is 15.0. The van der Waals surface area contributed by atoms with E-state index < -0.39 is 5.76 Å². The molecule has 1 heterocycles. The molecule has 0 fully saturated rings. The minimum absolute atomic E-state index is 0.303. The molecule has 108 valence electrons. The Kier molecular flexibility index (Phi) is 3.66. The van der Waals surface area contributed by atoms with Gasteiger partial charge in [0.1, 0.15) is 5.75 Å². The molecule has 0 unspecified atom stereocenters. The molecule has 0 aliphatic carbocycles. The number of halogens is 2. The van der Waals surface area contributed by atoms with Crippen molar-refractivity contribution >= 4 is 34.3 Å². The number of methoxy groups -OCH3 is 1. The van der Waals surface area contributed by atoms with E-state index in [9.17, 15) is 4.79 Å². The lowest BCUT2D eigenvalue weighted by Gasteiger charge is -2.09. The van der Waals surface area contributed by atoms with Crippen LogP contribution >= 0.6 is 23.2 Å². The van der Waals surface area contributed by atoms with E-state index in [2.05, 4.69) is 0 Å². The molecule has 0 N–H and O–H groups in total. The van der Waals surface area contributed by atoms with Crippen molar-refractivity contribution in [1.29, 1.82) is 0 Å². The Balaban J connectivity index is 2.12. The predicted octanol–water partition coefficient (Wildman–Crippen LogP) is 3.96. The molecular formula is C15H11Cl2NO3. The molecule has 0 spiro atoms. The zero-order valence-corrected chi connectivity index (χ0v) is 12.6. The maximum atomic E-state index is 12.0. The fourth-order valence-electron chi connectivity index (χ4n) is 2.23. The summed E-state index contributed by atoms with van der Waals surface area (Å²) in [7, 11) is 1.57. The Bertz CT molecular complexity index is 867. The molecule has 0 saturated heterocycles. The van der Waals surface area contributed by atoms with Crippen LogP contribution in [-0.4, -0.2) is 11.7 Å². The highest BCUT2D eigenvalue weighted by Gasteiger charge is 2.12. The average Bonchev–Trinajstić information content (AvgIpc) is 2.74. The van der Waals surface area contributed by atoms with E-state index in [1.807, 2.05) is 0 Å². The summed E-state index contributed by atoms with van der Waals surface area (Å²) in [5, 5.41) is 1.10. The van der Waals surface area contributed by atoms with E-state index in [4.69, 9.17) is 32.4 Å². The number of fused-ring (bicyclic) bond motifs is 1. The van der Waals surface area contributed by atoms with E-state index in [1.165, 1.54) is 4.57 Å². The van der Waals surface area contributed by atoms with Crippen molar-refractivity contribution < 1.29 is 9.15 Å². The van der Waals surface area contributed by atoms with Crippen LogP contribution in [0.25, 0.3) is 11.1 Å². The molecule has 0 aliphatic rings. The third-order valence-electron chi connectivity index (χ3n) is 3.20. The molecule has 0 atom stereocenters. The summed E-state index contributed by atoms with van der Waals surface area (Å²) in [5.41, 5.74) is 1.92. The first-order chi connectivity index (χ1) is 10.1. The summed E-state index contributed by atoms with van der Waals surface area (Å²) in [6, 6.07) is 10.3. The second-order valence-electron chi connectivity index (χ2n) is 4.52. The maximum Gasteiger partial charge on any atom is 0.420 e. The largest absolute Gasteiger partial charge is 0.496 e. The molecular weight excluding hydrogens is 313 g/mol. The Hall–Kier alpha value is -1.91. The maximum absolute atomic E-state index is 12.0. The fourth-order valence-corrected chi connectivity index (χ4v) is 2.59. The summed E-state index contributed by atoms with van der Waals surface area (Å²) in [5.74, 6) is 0.212. The number of nitrogens with zero attached hydrogens (tertiary/aromatic N) is 1. The van der Waals surface area contributed by atoms with E-state index in [-0.39, 0.29) is 0 Å². The van der Waals surface area contributed by atoms with Crippen molar-refractivity contribution in [3.63, 3.8) is 0 Å². The van der Waals surface area contributed by atoms with Crippen LogP contribution in [0.2, 0.25) is 10.0 Å². The van der Waals surface area contributed by atoms with Crippen LogP contribution in [0.15, 0.2) is 45.6 Å². The minimum atomic E-state index is -0.450. The molecule has 2 aromatic carbocycles. The first-order valence-corrected chi connectivity index (χ1v) is 6.95.